The van der Waals surface area contributed by atoms with Crippen LogP contribution in [-0.4, -0.2) is 23.8 Å². The topological polar surface area (TPSA) is 72.5 Å². The van der Waals surface area contributed by atoms with Crippen LogP contribution in [0.5, 0.6) is 0 Å². The molecule has 27 heavy (non-hydrogen) atoms. The summed E-state index contributed by atoms with van der Waals surface area (Å²) in [6.45, 7) is 1.38. The lowest BCUT2D eigenvalue weighted by atomic mass is 10.1. The van der Waals surface area contributed by atoms with Crippen LogP contribution in [0.2, 0.25) is 10.0 Å². The quantitative estimate of drug-likeness (QED) is 0.530. The molecule has 2 rings (SSSR count). The third kappa shape index (κ3) is 6.34. The summed E-state index contributed by atoms with van der Waals surface area (Å²) in [6, 6.07) is 9.79. The van der Waals surface area contributed by atoms with Gasteiger partial charge in [-0.1, -0.05) is 23.2 Å². The summed E-state index contributed by atoms with van der Waals surface area (Å²) in [7, 11) is 0. The van der Waals surface area contributed by atoms with E-state index in [0.29, 0.717) is 10.6 Å². The fourth-order valence-electron chi connectivity index (χ4n) is 2.13. The molecule has 0 aliphatic rings. The van der Waals surface area contributed by atoms with Crippen molar-refractivity contribution in [1.82, 2.24) is 0 Å². The van der Waals surface area contributed by atoms with Gasteiger partial charge in [0.2, 0.25) is 0 Å². The fourth-order valence-corrected chi connectivity index (χ4v) is 2.47. The Bertz CT molecular complexity index is 855. The highest BCUT2D eigenvalue weighted by Crippen LogP contribution is 2.22. The van der Waals surface area contributed by atoms with Crippen molar-refractivity contribution in [3.8, 4) is 0 Å². The maximum Gasteiger partial charge on any atom is 0.307 e. The Labute approximate surface area is 165 Å². The number of anilines is 1. The number of carbonyl (C=O) groups is 3. The van der Waals surface area contributed by atoms with Crippen molar-refractivity contribution in [3.05, 3.63) is 63.9 Å². The number of ether oxygens (including phenoxy) is 1. The molecule has 0 aliphatic heterocycles. The monoisotopic (exact) mass is 411 g/mol. The molecule has 0 spiro atoms. The number of rotatable bonds is 7. The number of benzene rings is 2. The Morgan fingerprint density at radius 2 is 1.74 bits per heavy atom. The summed E-state index contributed by atoms with van der Waals surface area (Å²) in [6.07, 6.45) is -1.33. The molecule has 1 atom stereocenters. The van der Waals surface area contributed by atoms with Crippen LogP contribution in [0.15, 0.2) is 42.5 Å². The third-order valence-corrected chi connectivity index (χ3v) is 4.15. The molecule has 1 amide bonds. The number of esters is 1. The van der Waals surface area contributed by atoms with Crippen molar-refractivity contribution >= 4 is 46.5 Å². The van der Waals surface area contributed by atoms with Crippen LogP contribution in [0.4, 0.5) is 10.1 Å². The van der Waals surface area contributed by atoms with Gasteiger partial charge in [0, 0.05) is 17.0 Å². The lowest BCUT2D eigenvalue weighted by molar-refractivity contribution is -0.153. The number of amides is 1. The summed E-state index contributed by atoms with van der Waals surface area (Å²) >= 11 is 11.6. The zero-order valence-corrected chi connectivity index (χ0v) is 15.8. The zero-order chi connectivity index (χ0) is 20.0. The van der Waals surface area contributed by atoms with Gasteiger partial charge in [0.25, 0.3) is 5.91 Å². The first kappa shape index (κ1) is 20.9. The predicted octanol–water partition coefficient (Wildman–Crippen LogP) is 4.67. The SMILES string of the molecule is C[C@@H](OC(=O)CCC(=O)c1ccc(Cl)cc1)C(=O)Nc1ccc(F)cc1Cl. The highest BCUT2D eigenvalue weighted by molar-refractivity contribution is 6.33. The number of nitrogens with one attached hydrogen (secondary N) is 1. The molecule has 2 aromatic rings. The van der Waals surface area contributed by atoms with Gasteiger partial charge in [0.1, 0.15) is 5.82 Å². The van der Waals surface area contributed by atoms with E-state index in [-0.39, 0.29) is 29.3 Å². The summed E-state index contributed by atoms with van der Waals surface area (Å²) in [4.78, 5) is 35.9. The standard InChI is InChI=1S/C19H16Cl2FNO4/c1-11(19(26)23-16-7-6-14(22)10-15(16)21)27-18(25)9-8-17(24)12-2-4-13(20)5-3-12/h2-7,10-11H,8-9H2,1H3,(H,23,26)/t11-/m1/s1. The summed E-state index contributed by atoms with van der Waals surface area (Å²) in [5.74, 6) is -2.09. The number of hydrogen-bond donors (Lipinski definition) is 1. The van der Waals surface area contributed by atoms with Gasteiger partial charge in [0.05, 0.1) is 17.1 Å². The third-order valence-electron chi connectivity index (χ3n) is 3.59. The lowest BCUT2D eigenvalue weighted by Gasteiger charge is -2.14. The molecule has 5 nitrogen and oxygen atoms in total. The van der Waals surface area contributed by atoms with E-state index in [0.717, 1.165) is 12.1 Å². The van der Waals surface area contributed by atoms with Crippen LogP contribution in [0.25, 0.3) is 0 Å². The van der Waals surface area contributed by atoms with Crippen molar-refractivity contribution in [3.63, 3.8) is 0 Å². The van der Waals surface area contributed by atoms with Crippen LogP contribution in [0, 0.1) is 5.82 Å². The largest absolute Gasteiger partial charge is 0.453 e. The number of hydrogen-bond acceptors (Lipinski definition) is 4. The van der Waals surface area contributed by atoms with Gasteiger partial charge in [-0.05, 0) is 49.4 Å². The van der Waals surface area contributed by atoms with Crippen LogP contribution in [-0.2, 0) is 14.3 Å². The molecule has 142 valence electrons. The molecule has 0 bridgehead atoms. The minimum atomic E-state index is -1.11. The van der Waals surface area contributed by atoms with Crippen LogP contribution < -0.4 is 5.32 Å². The van der Waals surface area contributed by atoms with E-state index in [4.69, 9.17) is 27.9 Å². The lowest BCUT2D eigenvalue weighted by Crippen LogP contribution is -2.30. The second-order valence-electron chi connectivity index (χ2n) is 5.68. The van der Waals surface area contributed by atoms with Gasteiger partial charge in [-0.2, -0.15) is 0 Å². The molecule has 0 saturated carbocycles. The minimum Gasteiger partial charge on any atom is -0.453 e. The van der Waals surface area contributed by atoms with E-state index in [9.17, 15) is 18.8 Å². The molecule has 0 fully saturated rings. The second-order valence-corrected chi connectivity index (χ2v) is 6.52. The van der Waals surface area contributed by atoms with E-state index in [1.54, 1.807) is 24.3 Å². The second kappa shape index (κ2) is 9.48. The molecule has 0 radical (unpaired) electrons. The van der Waals surface area contributed by atoms with Gasteiger partial charge >= 0.3 is 5.97 Å². The number of halogens is 3. The van der Waals surface area contributed by atoms with Crippen molar-refractivity contribution in [1.29, 1.82) is 0 Å². The molecule has 0 saturated heterocycles. The molecule has 0 heterocycles. The Morgan fingerprint density at radius 1 is 1.07 bits per heavy atom. The molecule has 8 heteroatoms. The molecule has 0 aliphatic carbocycles. The molecule has 0 unspecified atom stereocenters. The maximum absolute atomic E-state index is 13.0. The van der Waals surface area contributed by atoms with Gasteiger partial charge in [0.15, 0.2) is 11.9 Å². The van der Waals surface area contributed by atoms with Gasteiger partial charge in [-0.3, -0.25) is 14.4 Å². The highest BCUT2D eigenvalue weighted by atomic mass is 35.5. The smallest absolute Gasteiger partial charge is 0.307 e. The molecular formula is C19H16Cl2FNO4. The van der Waals surface area contributed by atoms with E-state index < -0.39 is 23.8 Å². The summed E-state index contributed by atoms with van der Waals surface area (Å²) < 4.78 is 18.0. The van der Waals surface area contributed by atoms with Crippen molar-refractivity contribution in [2.45, 2.75) is 25.9 Å². The van der Waals surface area contributed by atoms with Crippen molar-refractivity contribution < 1.29 is 23.5 Å². The van der Waals surface area contributed by atoms with Gasteiger partial charge in [-0.25, -0.2) is 4.39 Å². The zero-order valence-electron chi connectivity index (χ0n) is 14.3. The van der Waals surface area contributed by atoms with E-state index in [1.165, 1.54) is 13.0 Å². The average Bonchev–Trinajstić information content (AvgIpc) is 2.62. The van der Waals surface area contributed by atoms with Crippen LogP contribution in [0.3, 0.4) is 0 Å². The van der Waals surface area contributed by atoms with Crippen molar-refractivity contribution in [2.24, 2.45) is 0 Å². The Balaban J connectivity index is 1.82. The predicted molar refractivity (Wildman–Crippen MR) is 101 cm³/mol. The van der Waals surface area contributed by atoms with Crippen LogP contribution >= 0.6 is 23.2 Å². The first-order chi connectivity index (χ1) is 12.8. The normalized spacial score (nSPS) is 11.6. The molecular weight excluding hydrogens is 396 g/mol. The average molecular weight is 412 g/mol. The Morgan fingerprint density at radius 3 is 2.37 bits per heavy atom. The number of Topliss-reactive ketones (excluding diaryl/α,β-unsaturated/α-hetero) is 1. The van der Waals surface area contributed by atoms with E-state index in [2.05, 4.69) is 5.32 Å². The Kier molecular flexibility index (Phi) is 7.33. The maximum atomic E-state index is 13.0. The first-order valence-corrected chi connectivity index (χ1v) is 8.76. The highest BCUT2D eigenvalue weighted by Gasteiger charge is 2.19. The summed E-state index contributed by atoms with van der Waals surface area (Å²) in [5, 5.41) is 2.97. The van der Waals surface area contributed by atoms with Crippen molar-refractivity contribution in [2.75, 3.05) is 5.32 Å². The van der Waals surface area contributed by atoms with E-state index in [1.807, 2.05) is 0 Å². The number of carbonyl (C=O) groups excluding carboxylic acids is 3. The number of ketones is 1. The summed E-state index contributed by atoms with van der Waals surface area (Å²) in [5.41, 5.74) is 0.632. The van der Waals surface area contributed by atoms with Gasteiger partial charge < -0.3 is 10.1 Å². The Hall–Kier alpha value is -2.44. The first-order valence-electron chi connectivity index (χ1n) is 8.00. The van der Waals surface area contributed by atoms with E-state index >= 15 is 0 Å². The van der Waals surface area contributed by atoms with Crippen LogP contribution in [0.1, 0.15) is 30.1 Å². The fraction of sp³-hybridized carbons (Fsp3) is 0.211. The molecule has 1 N–H and O–H groups in total. The minimum absolute atomic E-state index is 0.0236. The molecule has 2 aromatic carbocycles. The van der Waals surface area contributed by atoms with Gasteiger partial charge in [-0.15, -0.1) is 0 Å². The molecule has 0 aromatic heterocycles.